The number of carbonyl (C=O) groups excluding carboxylic acids is 2. The van der Waals surface area contributed by atoms with Gasteiger partial charge in [-0.3, -0.25) is 9.59 Å². The normalized spacial score (nSPS) is 19.1. The number of hydrogen-bond acceptors (Lipinski definition) is 4. The maximum Gasteiger partial charge on any atom is 0.573 e. The van der Waals surface area contributed by atoms with Crippen LogP contribution in [0.15, 0.2) is 42.5 Å². The fourth-order valence-corrected chi connectivity index (χ4v) is 3.79. The molecule has 1 heterocycles. The average Bonchev–Trinajstić information content (AvgIpc) is 2.67. The van der Waals surface area contributed by atoms with Crippen molar-refractivity contribution in [3.05, 3.63) is 47.5 Å². The summed E-state index contributed by atoms with van der Waals surface area (Å²) in [5.41, 5.74) is 0.732. The van der Waals surface area contributed by atoms with Gasteiger partial charge in [0.25, 0.3) is 0 Å². The number of piperidine rings is 1. The van der Waals surface area contributed by atoms with Gasteiger partial charge < -0.3 is 20.1 Å². The Morgan fingerprint density at radius 3 is 2.55 bits per heavy atom. The molecule has 0 unspecified atom stereocenters. The maximum atomic E-state index is 12.7. The van der Waals surface area contributed by atoms with Crippen molar-refractivity contribution in [3.63, 3.8) is 0 Å². The third kappa shape index (κ3) is 5.68. The third-order valence-corrected chi connectivity index (χ3v) is 5.23. The molecule has 1 fully saturated rings. The smallest absolute Gasteiger partial charge is 0.405 e. The van der Waals surface area contributed by atoms with E-state index in [1.165, 1.54) is 48.2 Å². The molecule has 1 aliphatic heterocycles. The van der Waals surface area contributed by atoms with Gasteiger partial charge in [-0.25, -0.2) is 0 Å². The summed E-state index contributed by atoms with van der Waals surface area (Å²) in [5.74, 6) is -1.16. The molecule has 0 aliphatic carbocycles. The zero-order valence-corrected chi connectivity index (χ0v) is 17.2. The second-order valence-corrected chi connectivity index (χ2v) is 7.54. The van der Waals surface area contributed by atoms with Gasteiger partial charge >= 0.3 is 6.36 Å². The van der Waals surface area contributed by atoms with Gasteiger partial charge in [-0.2, -0.15) is 0 Å². The Morgan fingerprint density at radius 2 is 1.90 bits per heavy atom. The number of likely N-dealkylation sites (tertiary alicyclic amines) is 1. The van der Waals surface area contributed by atoms with E-state index >= 15 is 0 Å². The summed E-state index contributed by atoms with van der Waals surface area (Å²) in [5, 5.41) is 12.6. The zero-order valence-electron chi connectivity index (χ0n) is 16.4. The average molecular weight is 457 g/mol. The lowest BCUT2D eigenvalue weighted by Crippen LogP contribution is -2.52. The van der Waals surface area contributed by atoms with Crippen molar-refractivity contribution in [2.45, 2.75) is 38.3 Å². The van der Waals surface area contributed by atoms with Crippen molar-refractivity contribution < 1.29 is 32.6 Å². The molecule has 6 nitrogen and oxygen atoms in total. The first-order chi connectivity index (χ1) is 14.5. The number of amides is 2. The van der Waals surface area contributed by atoms with E-state index in [0.717, 1.165) is 0 Å². The number of halogens is 4. The number of carbonyl (C=O) groups is 2. The Balaban J connectivity index is 1.82. The van der Waals surface area contributed by atoms with Gasteiger partial charge in [0, 0.05) is 36.7 Å². The molecular weight excluding hydrogens is 437 g/mol. The summed E-state index contributed by atoms with van der Waals surface area (Å²) in [4.78, 5) is 25.9. The Morgan fingerprint density at radius 1 is 1.19 bits per heavy atom. The number of benzene rings is 2. The van der Waals surface area contributed by atoms with E-state index in [-0.39, 0.29) is 35.0 Å². The van der Waals surface area contributed by atoms with Crippen LogP contribution in [0.4, 0.5) is 18.9 Å². The molecule has 3 rings (SSSR count). The summed E-state index contributed by atoms with van der Waals surface area (Å²) < 4.78 is 42.1. The summed E-state index contributed by atoms with van der Waals surface area (Å²) in [6, 6.07) is 9.10. The van der Waals surface area contributed by atoms with Gasteiger partial charge in [-0.1, -0.05) is 35.9 Å². The maximum absolute atomic E-state index is 12.7. The van der Waals surface area contributed by atoms with E-state index in [9.17, 15) is 27.9 Å². The molecule has 10 heteroatoms. The van der Waals surface area contributed by atoms with Crippen LogP contribution in [0.3, 0.4) is 0 Å². The lowest BCUT2D eigenvalue weighted by atomic mass is 9.98. The lowest BCUT2D eigenvalue weighted by molar-refractivity contribution is -0.274. The van der Waals surface area contributed by atoms with Crippen molar-refractivity contribution >= 4 is 29.1 Å². The molecule has 2 aromatic rings. The van der Waals surface area contributed by atoms with E-state index in [0.29, 0.717) is 12.1 Å². The number of nitrogens with zero attached hydrogens (tertiary/aromatic N) is 1. The molecule has 0 bridgehead atoms. The van der Waals surface area contributed by atoms with E-state index in [4.69, 9.17) is 11.6 Å². The fourth-order valence-electron chi connectivity index (χ4n) is 3.51. The Hall–Kier alpha value is -2.78. The molecule has 0 spiro atoms. The second kappa shape index (κ2) is 9.15. The SMILES string of the molecule is CC(=O)N1CC[C@H](O)C[C@@H]1C(=O)Nc1ccc(-c2ccccc2OC(F)(F)F)c(Cl)c1. The Kier molecular flexibility index (Phi) is 6.76. The zero-order chi connectivity index (χ0) is 22.8. The summed E-state index contributed by atoms with van der Waals surface area (Å²) in [7, 11) is 0. The molecule has 0 radical (unpaired) electrons. The highest BCUT2D eigenvalue weighted by atomic mass is 35.5. The number of rotatable bonds is 4. The first-order valence-electron chi connectivity index (χ1n) is 9.46. The first kappa shape index (κ1) is 22.9. The van der Waals surface area contributed by atoms with Gasteiger partial charge in [0.1, 0.15) is 11.8 Å². The highest BCUT2D eigenvalue weighted by Gasteiger charge is 2.34. The number of alkyl halides is 3. The lowest BCUT2D eigenvalue weighted by Gasteiger charge is -2.36. The predicted molar refractivity (Wildman–Crippen MR) is 109 cm³/mol. The minimum absolute atomic E-state index is 0.100. The molecule has 1 saturated heterocycles. The summed E-state index contributed by atoms with van der Waals surface area (Å²) >= 11 is 6.29. The quantitative estimate of drug-likeness (QED) is 0.722. The second-order valence-electron chi connectivity index (χ2n) is 7.13. The summed E-state index contributed by atoms with van der Waals surface area (Å²) in [6.45, 7) is 1.62. The van der Waals surface area contributed by atoms with Crippen LogP contribution < -0.4 is 10.1 Å². The highest BCUT2D eigenvalue weighted by molar-refractivity contribution is 6.33. The molecule has 31 heavy (non-hydrogen) atoms. The Bertz CT molecular complexity index is 983. The largest absolute Gasteiger partial charge is 0.573 e. The van der Waals surface area contributed by atoms with E-state index in [1.807, 2.05) is 0 Å². The van der Waals surface area contributed by atoms with Crippen molar-refractivity contribution in [2.24, 2.45) is 0 Å². The van der Waals surface area contributed by atoms with Crippen molar-refractivity contribution in [2.75, 3.05) is 11.9 Å². The van der Waals surface area contributed by atoms with Crippen molar-refractivity contribution in [1.82, 2.24) is 4.90 Å². The topological polar surface area (TPSA) is 78.9 Å². The van der Waals surface area contributed by atoms with Crippen LogP contribution in [0.5, 0.6) is 5.75 Å². The number of aliphatic hydroxyl groups excluding tert-OH is 1. The molecule has 166 valence electrons. The van der Waals surface area contributed by atoms with Gasteiger partial charge in [0.15, 0.2) is 0 Å². The third-order valence-electron chi connectivity index (χ3n) is 4.92. The number of aliphatic hydroxyl groups is 1. The van der Waals surface area contributed by atoms with E-state index in [2.05, 4.69) is 10.1 Å². The number of ether oxygens (including phenoxy) is 1. The van der Waals surface area contributed by atoms with Gasteiger partial charge in [-0.15, -0.1) is 13.2 Å². The summed E-state index contributed by atoms with van der Waals surface area (Å²) in [6.07, 6.45) is -5.05. The van der Waals surface area contributed by atoms with Crippen molar-refractivity contribution in [1.29, 1.82) is 0 Å². The molecule has 2 atom stereocenters. The van der Waals surface area contributed by atoms with Crippen LogP contribution >= 0.6 is 11.6 Å². The van der Waals surface area contributed by atoms with Gasteiger partial charge in [0.2, 0.25) is 11.8 Å². The van der Waals surface area contributed by atoms with Crippen molar-refractivity contribution in [3.8, 4) is 16.9 Å². The minimum Gasteiger partial charge on any atom is -0.405 e. The van der Waals surface area contributed by atoms with Crippen LogP contribution in [0.25, 0.3) is 11.1 Å². The van der Waals surface area contributed by atoms with Gasteiger partial charge in [0.05, 0.1) is 11.1 Å². The molecule has 1 aliphatic rings. The minimum atomic E-state index is -4.86. The first-order valence-corrected chi connectivity index (χ1v) is 9.84. The van der Waals surface area contributed by atoms with E-state index in [1.54, 1.807) is 6.07 Å². The monoisotopic (exact) mass is 456 g/mol. The molecule has 0 saturated carbocycles. The molecule has 2 N–H and O–H groups in total. The van der Waals surface area contributed by atoms with Crippen LogP contribution in [-0.2, 0) is 9.59 Å². The standard InChI is InChI=1S/C21H20ClF3N2O4/c1-12(28)27-9-8-14(29)11-18(27)20(30)26-13-6-7-15(17(22)10-13)16-4-2-3-5-19(16)31-21(23,24)25/h2-7,10,14,18,29H,8-9,11H2,1H3,(H,26,30)/t14-,18+/m0/s1. The Labute approximate surface area is 181 Å². The molecular formula is C21H20ClF3N2O4. The van der Waals surface area contributed by atoms with Crippen LogP contribution in [0, 0.1) is 0 Å². The highest BCUT2D eigenvalue weighted by Crippen LogP contribution is 2.38. The number of para-hydroxylation sites is 1. The number of nitrogens with one attached hydrogen (secondary N) is 1. The van der Waals surface area contributed by atoms with Crippen LogP contribution in [-0.4, -0.2) is 46.9 Å². The fraction of sp³-hybridized carbons (Fsp3) is 0.333. The molecule has 2 amide bonds. The molecule has 2 aromatic carbocycles. The van der Waals surface area contributed by atoms with E-state index < -0.39 is 30.2 Å². The number of hydrogen-bond donors (Lipinski definition) is 2. The van der Waals surface area contributed by atoms with Gasteiger partial charge in [-0.05, 0) is 24.6 Å². The number of anilines is 1. The van der Waals surface area contributed by atoms with Crippen LogP contribution in [0.1, 0.15) is 19.8 Å². The predicted octanol–water partition coefficient (Wildman–Crippen LogP) is 4.22. The van der Waals surface area contributed by atoms with Crippen LogP contribution in [0.2, 0.25) is 5.02 Å². The molecule has 0 aromatic heterocycles.